The Morgan fingerprint density at radius 1 is 1.47 bits per heavy atom. The highest BCUT2D eigenvalue weighted by Crippen LogP contribution is 2.21. The van der Waals surface area contributed by atoms with Gasteiger partial charge in [0, 0.05) is 19.4 Å². The normalized spacial score (nSPS) is 11.9. The molecule has 0 saturated heterocycles. The average Bonchev–Trinajstić information content (AvgIpc) is 2.81. The highest BCUT2D eigenvalue weighted by molar-refractivity contribution is 5.68. The number of carbonyl (C=O) groups excluding carboxylic acids is 1. The number of alkyl carbamates (subject to hydrolysis) is 1. The number of aryl methyl sites for hydroxylation is 2. The van der Waals surface area contributed by atoms with Gasteiger partial charge in [-0.1, -0.05) is 29.8 Å². The van der Waals surface area contributed by atoms with Crippen molar-refractivity contribution in [1.29, 1.82) is 0 Å². The molecule has 1 atom stereocenters. The van der Waals surface area contributed by atoms with Crippen molar-refractivity contribution in [2.75, 3.05) is 7.11 Å². The summed E-state index contributed by atoms with van der Waals surface area (Å²) < 4.78 is 6.56. The van der Waals surface area contributed by atoms with Crippen LogP contribution in [0.2, 0.25) is 0 Å². The zero-order valence-electron chi connectivity index (χ0n) is 11.3. The molecule has 0 radical (unpaired) electrons. The molecule has 1 aromatic heterocycles. The summed E-state index contributed by atoms with van der Waals surface area (Å²) in [7, 11) is 3.24. The van der Waals surface area contributed by atoms with Crippen molar-refractivity contribution in [1.82, 2.24) is 14.9 Å². The molecule has 1 amide bonds. The van der Waals surface area contributed by atoms with Crippen molar-refractivity contribution < 1.29 is 9.53 Å². The van der Waals surface area contributed by atoms with Gasteiger partial charge >= 0.3 is 6.09 Å². The molecule has 100 valence electrons. The lowest BCUT2D eigenvalue weighted by molar-refractivity contribution is 0.168. The Labute approximate surface area is 112 Å². The Hall–Kier alpha value is -2.30. The summed E-state index contributed by atoms with van der Waals surface area (Å²) in [5, 5.41) is 2.81. The molecule has 0 aliphatic rings. The molecular weight excluding hydrogens is 242 g/mol. The van der Waals surface area contributed by atoms with E-state index in [4.69, 9.17) is 0 Å². The van der Waals surface area contributed by atoms with E-state index in [1.54, 1.807) is 6.20 Å². The molecule has 1 aromatic carbocycles. The third-order valence-corrected chi connectivity index (χ3v) is 2.94. The van der Waals surface area contributed by atoms with Crippen LogP contribution in [0.5, 0.6) is 0 Å². The lowest BCUT2D eigenvalue weighted by atomic mass is 10.0. The molecule has 0 fully saturated rings. The number of ether oxygens (including phenoxy) is 1. The van der Waals surface area contributed by atoms with E-state index < -0.39 is 6.09 Å². The number of aromatic nitrogens is 2. The minimum absolute atomic E-state index is 0.327. The van der Waals surface area contributed by atoms with Crippen molar-refractivity contribution in [3.63, 3.8) is 0 Å². The van der Waals surface area contributed by atoms with Crippen LogP contribution >= 0.6 is 0 Å². The first-order chi connectivity index (χ1) is 9.11. The number of nitrogens with zero attached hydrogens (tertiary/aromatic N) is 2. The van der Waals surface area contributed by atoms with Crippen molar-refractivity contribution in [2.45, 2.75) is 13.0 Å². The smallest absolute Gasteiger partial charge is 0.407 e. The van der Waals surface area contributed by atoms with Crippen LogP contribution in [-0.4, -0.2) is 22.8 Å². The molecule has 1 unspecified atom stereocenters. The number of hydrogen-bond acceptors (Lipinski definition) is 3. The zero-order chi connectivity index (χ0) is 13.8. The number of carbonyl (C=O) groups is 1. The van der Waals surface area contributed by atoms with E-state index in [-0.39, 0.29) is 6.04 Å². The average molecular weight is 259 g/mol. The van der Waals surface area contributed by atoms with E-state index in [0.29, 0.717) is 0 Å². The maximum Gasteiger partial charge on any atom is 0.407 e. The minimum atomic E-state index is -0.477. The fourth-order valence-corrected chi connectivity index (χ4v) is 1.98. The molecule has 5 heteroatoms. The van der Waals surface area contributed by atoms with E-state index in [1.165, 1.54) is 7.11 Å². The molecule has 5 nitrogen and oxygen atoms in total. The fourth-order valence-electron chi connectivity index (χ4n) is 1.98. The monoisotopic (exact) mass is 259 g/mol. The number of nitrogens with one attached hydrogen (secondary N) is 1. The summed E-state index contributed by atoms with van der Waals surface area (Å²) >= 11 is 0. The standard InChI is InChI=1S/C14H17N3O2/c1-10-5-4-6-11(9-10)12(16-14(18)19-3)13-15-7-8-17(13)2/h4-9,12H,1-3H3,(H,16,18). The van der Waals surface area contributed by atoms with Gasteiger partial charge in [-0.25, -0.2) is 9.78 Å². The second kappa shape index (κ2) is 5.56. The van der Waals surface area contributed by atoms with Crippen LogP contribution in [0.3, 0.4) is 0 Å². The first-order valence-electron chi connectivity index (χ1n) is 6.00. The van der Waals surface area contributed by atoms with Crippen molar-refractivity contribution in [3.8, 4) is 0 Å². The number of rotatable bonds is 3. The van der Waals surface area contributed by atoms with Gasteiger partial charge in [0.15, 0.2) is 0 Å². The first kappa shape index (κ1) is 13.1. The molecular formula is C14H17N3O2. The highest BCUT2D eigenvalue weighted by atomic mass is 16.5. The van der Waals surface area contributed by atoms with Gasteiger partial charge in [-0.15, -0.1) is 0 Å². The van der Waals surface area contributed by atoms with E-state index in [2.05, 4.69) is 15.0 Å². The predicted octanol–water partition coefficient (Wildman–Crippen LogP) is 2.17. The molecule has 0 bridgehead atoms. The third-order valence-electron chi connectivity index (χ3n) is 2.94. The second-order valence-electron chi connectivity index (χ2n) is 4.38. The number of benzene rings is 1. The van der Waals surface area contributed by atoms with Crippen molar-refractivity contribution in [3.05, 3.63) is 53.6 Å². The minimum Gasteiger partial charge on any atom is -0.453 e. The van der Waals surface area contributed by atoms with E-state index in [1.807, 2.05) is 49.0 Å². The summed E-state index contributed by atoms with van der Waals surface area (Å²) in [5.74, 6) is 0.760. The van der Waals surface area contributed by atoms with Crippen LogP contribution in [0.1, 0.15) is 23.0 Å². The Bertz CT molecular complexity index is 578. The maximum atomic E-state index is 11.5. The molecule has 0 aliphatic carbocycles. The lowest BCUT2D eigenvalue weighted by Gasteiger charge is -2.18. The van der Waals surface area contributed by atoms with Gasteiger partial charge < -0.3 is 14.6 Å². The Morgan fingerprint density at radius 3 is 2.84 bits per heavy atom. The number of imidazole rings is 1. The van der Waals surface area contributed by atoms with Crippen LogP contribution in [0.4, 0.5) is 4.79 Å². The van der Waals surface area contributed by atoms with E-state index >= 15 is 0 Å². The SMILES string of the molecule is COC(=O)NC(c1cccc(C)c1)c1nccn1C. The topological polar surface area (TPSA) is 56.1 Å². The lowest BCUT2D eigenvalue weighted by Crippen LogP contribution is -2.30. The molecule has 0 aliphatic heterocycles. The molecule has 2 aromatic rings. The summed E-state index contributed by atoms with van der Waals surface area (Å²) in [6, 6.07) is 7.63. The van der Waals surface area contributed by atoms with Crippen molar-refractivity contribution in [2.24, 2.45) is 7.05 Å². The molecule has 2 rings (SSSR count). The van der Waals surface area contributed by atoms with Gasteiger partial charge in [0.1, 0.15) is 11.9 Å². The summed E-state index contributed by atoms with van der Waals surface area (Å²) in [6.45, 7) is 2.01. The summed E-state index contributed by atoms with van der Waals surface area (Å²) in [4.78, 5) is 15.8. The van der Waals surface area contributed by atoms with E-state index in [0.717, 1.165) is 17.0 Å². The largest absolute Gasteiger partial charge is 0.453 e. The van der Waals surface area contributed by atoms with Gasteiger partial charge in [0.05, 0.1) is 7.11 Å². The molecule has 1 heterocycles. The molecule has 0 spiro atoms. The van der Waals surface area contributed by atoms with Crippen LogP contribution < -0.4 is 5.32 Å². The number of methoxy groups -OCH3 is 1. The van der Waals surface area contributed by atoms with Gasteiger partial charge in [0.2, 0.25) is 0 Å². The fraction of sp³-hybridized carbons (Fsp3) is 0.286. The number of hydrogen-bond donors (Lipinski definition) is 1. The molecule has 1 N–H and O–H groups in total. The van der Waals surface area contributed by atoms with Crippen LogP contribution in [0, 0.1) is 6.92 Å². The quantitative estimate of drug-likeness (QED) is 0.919. The van der Waals surface area contributed by atoms with Crippen molar-refractivity contribution >= 4 is 6.09 Å². The van der Waals surface area contributed by atoms with Gasteiger partial charge in [-0.2, -0.15) is 0 Å². The predicted molar refractivity (Wildman–Crippen MR) is 71.8 cm³/mol. The Morgan fingerprint density at radius 2 is 2.26 bits per heavy atom. The summed E-state index contributed by atoms with van der Waals surface area (Å²) in [6.07, 6.45) is 3.07. The highest BCUT2D eigenvalue weighted by Gasteiger charge is 2.20. The van der Waals surface area contributed by atoms with Gasteiger partial charge in [0.25, 0.3) is 0 Å². The van der Waals surface area contributed by atoms with Gasteiger partial charge in [-0.3, -0.25) is 0 Å². The van der Waals surface area contributed by atoms with E-state index in [9.17, 15) is 4.79 Å². The molecule has 19 heavy (non-hydrogen) atoms. The zero-order valence-corrected chi connectivity index (χ0v) is 11.3. The van der Waals surface area contributed by atoms with Crippen LogP contribution in [-0.2, 0) is 11.8 Å². The maximum absolute atomic E-state index is 11.5. The third kappa shape index (κ3) is 2.93. The molecule has 0 saturated carbocycles. The second-order valence-corrected chi connectivity index (χ2v) is 4.38. The summed E-state index contributed by atoms with van der Waals surface area (Å²) in [5.41, 5.74) is 2.10. The number of amides is 1. The first-order valence-corrected chi connectivity index (χ1v) is 6.00. The van der Waals surface area contributed by atoms with Crippen LogP contribution in [0.15, 0.2) is 36.7 Å². The van der Waals surface area contributed by atoms with Crippen LogP contribution in [0.25, 0.3) is 0 Å². The Balaban J connectivity index is 2.40. The van der Waals surface area contributed by atoms with Gasteiger partial charge in [-0.05, 0) is 12.5 Å². The Kier molecular flexibility index (Phi) is 3.85.